The second-order valence-corrected chi connectivity index (χ2v) is 9.90. The van der Waals surface area contributed by atoms with Gasteiger partial charge < -0.3 is 9.64 Å². The van der Waals surface area contributed by atoms with E-state index in [-0.39, 0.29) is 13.2 Å². The number of carbonyl (C=O) groups excluding carboxylic acids is 3. The summed E-state index contributed by atoms with van der Waals surface area (Å²) in [5, 5.41) is 0. The Kier molecular flexibility index (Phi) is 6.40. The first kappa shape index (κ1) is 25.8. The predicted molar refractivity (Wildman–Crippen MR) is 140 cm³/mol. The number of nitrogens with zero attached hydrogens (tertiary/aromatic N) is 3. The van der Waals surface area contributed by atoms with E-state index in [1.165, 1.54) is 4.90 Å². The summed E-state index contributed by atoms with van der Waals surface area (Å²) in [6.45, 7) is 0.352. The van der Waals surface area contributed by atoms with Crippen LogP contribution in [0, 0.1) is 5.92 Å². The smallest absolute Gasteiger partial charge is 0.389 e. The largest absolute Gasteiger partial charge is 0.490 e. The van der Waals surface area contributed by atoms with Crippen LogP contribution in [0.25, 0.3) is 0 Å². The minimum Gasteiger partial charge on any atom is -0.490 e. The summed E-state index contributed by atoms with van der Waals surface area (Å²) < 4.78 is 45.6. The summed E-state index contributed by atoms with van der Waals surface area (Å²) in [7, 11) is 0. The molecule has 0 aromatic heterocycles. The fraction of sp³-hybridized carbons (Fsp3) is 0.267. The standard InChI is InChI=1S/C30H24F3N3O4/c31-30(32,33)15-14-20-23(18-8-3-1-4-9-18)28(38)36(27(20)37)26-29(39)35-16-17-40-22-13-7-12-21(25(22)35)24(34-26)19-10-5-2-6-11-19/h1-13,20,23,26H,14-17H2/t20-,23+,26+/m1/s1. The fourth-order valence-electron chi connectivity index (χ4n) is 5.71. The molecule has 3 aromatic carbocycles. The number of carbonyl (C=O) groups is 3. The molecule has 3 heterocycles. The SMILES string of the molecule is O=C1[C@H](N2C(=O)[C@H](CCC(F)(F)F)[C@H](c3ccccc3)C2=O)N=C(c2ccccc2)c2cccc3c2N1CCO3. The first-order valence-electron chi connectivity index (χ1n) is 12.9. The van der Waals surface area contributed by atoms with Gasteiger partial charge in [0.15, 0.2) is 0 Å². The highest BCUT2D eigenvalue weighted by molar-refractivity contribution is 6.22. The predicted octanol–water partition coefficient (Wildman–Crippen LogP) is 4.70. The molecule has 1 saturated heterocycles. The van der Waals surface area contributed by atoms with Crippen molar-refractivity contribution in [2.24, 2.45) is 10.9 Å². The fourth-order valence-corrected chi connectivity index (χ4v) is 5.71. The van der Waals surface area contributed by atoms with E-state index in [1.54, 1.807) is 72.8 Å². The van der Waals surface area contributed by atoms with Gasteiger partial charge in [0.1, 0.15) is 12.4 Å². The lowest BCUT2D eigenvalue weighted by Gasteiger charge is -2.32. The Morgan fingerprint density at radius 2 is 1.55 bits per heavy atom. The highest BCUT2D eigenvalue weighted by Crippen LogP contribution is 2.43. The molecule has 0 N–H and O–H groups in total. The van der Waals surface area contributed by atoms with Crippen LogP contribution in [0.3, 0.4) is 0 Å². The van der Waals surface area contributed by atoms with Crippen molar-refractivity contribution in [3.05, 3.63) is 95.6 Å². The van der Waals surface area contributed by atoms with Crippen molar-refractivity contribution in [3.63, 3.8) is 0 Å². The van der Waals surface area contributed by atoms with Crippen LogP contribution >= 0.6 is 0 Å². The van der Waals surface area contributed by atoms with Crippen LogP contribution in [0.5, 0.6) is 5.75 Å². The molecule has 0 radical (unpaired) electrons. The van der Waals surface area contributed by atoms with E-state index < -0.39 is 54.7 Å². The molecule has 10 heteroatoms. The van der Waals surface area contributed by atoms with E-state index in [0.717, 1.165) is 4.90 Å². The quantitative estimate of drug-likeness (QED) is 0.434. The molecule has 0 aliphatic carbocycles. The average molecular weight is 548 g/mol. The van der Waals surface area contributed by atoms with E-state index >= 15 is 0 Å². The lowest BCUT2D eigenvalue weighted by atomic mass is 9.85. The van der Waals surface area contributed by atoms with Crippen LogP contribution in [0.15, 0.2) is 83.9 Å². The van der Waals surface area contributed by atoms with Crippen molar-refractivity contribution in [1.82, 2.24) is 4.90 Å². The summed E-state index contributed by atoms with van der Waals surface area (Å²) in [5.74, 6) is -4.18. The summed E-state index contributed by atoms with van der Waals surface area (Å²) in [6, 6.07) is 22.5. The number of ether oxygens (including phenoxy) is 1. The van der Waals surface area contributed by atoms with Gasteiger partial charge in [-0.15, -0.1) is 0 Å². The maximum atomic E-state index is 14.1. The molecule has 3 aliphatic rings. The van der Waals surface area contributed by atoms with E-state index in [2.05, 4.69) is 0 Å². The van der Waals surface area contributed by atoms with E-state index in [9.17, 15) is 27.6 Å². The highest BCUT2D eigenvalue weighted by Gasteiger charge is 2.54. The molecular formula is C30H24F3N3O4. The zero-order valence-corrected chi connectivity index (χ0v) is 21.2. The first-order valence-corrected chi connectivity index (χ1v) is 12.9. The number of alkyl halides is 3. The van der Waals surface area contributed by atoms with Gasteiger partial charge in [0.2, 0.25) is 18.0 Å². The molecule has 0 spiro atoms. The van der Waals surface area contributed by atoms with Crippen LogP contribution in [0.2, 0.25) is 0 Å². The molecule has 204 valence electrons. The number of para-hydroxylation sites is 1. The molecule has 7 nitrogen and oxygen atoms in total. The number of rotatable bonds is 5. The molecule has 3 aromatic rings. The number of benzene rings is 3. The highest BCUT2D eigenvalue weighted by atomic mass is 19.4. The monoisotopic (exact) mass is 547 g/mol. The molecule has 40 heavy (non-hydrogen) atoms. The summed E-state index contributed by atoms with van der Waals surface area (Å²) in [6.07, 6.45) is -7.91. The topological polar surface area (TPSA) is 79.3 Å². The summed E-state index contributed by atoms with van der Waals surface area (Å²) in [5.41, 5.74) is 2.51. The van der Waals surface area contributed by atoms with E-state index in [4.69, 9.17) is 9.73 Å². The van der Waals surface area contributed by atoms with Gasteiger partial charge in [-0.05, 0) is 18.1 Å². The van der Waals surface area contributed by atoms with Gasteiger partial charge >= 0.3 is 6.18 Å². The minimum absolute atomic E-state index is 0.159. The summed E-state index contributed by atoms with van der Waals surface area (Å²) >= 11 is 0. The van der Waals surface area contributed by atoms with Crippen molar-refractivity contribution in [1.29, 1.82) is 0 Å². The second-order valence-electron chi connectivity index (χ2n) is 9.90. The minimum atomic E-state index is -4.51. The van der Waals surface area contributed by atoms with Crippen molar-refractivity contribution in [3.8, 4) is 5.75 Å². The number of amides is 3. The lowest BCUT2D eigenvalue weighted by Crippen LogP contribution is -2.52. The zero-order valence-electron chi connectivity index (χ0n) is 21.2. The van der Waals surface area contributed by atoms with Gasteiger partial charge in [-0.25, -0.2) is 9.89 Å². The number of likely N-dealkylation sites (tertiary alicyclic amines) is 1. The second kappa shape index (κ2) is 9.93. The molecular weight excluding hydrogens is 523 g/mol. The number of hydrogen-bond donors (Lipinski definition) is 0. The Bertz CT molecular complexity index is 1510. The average Bonchev–Trinajstić information content (AvgIpc) is 3.13. The van der Waals surface area contributed by atoms with Crippen molar-refractivity contribution in [2.45, 2.75) is 31.1 Å². The van der Waals surface area contributed by atoms with Gasteiger partial charge in [0.05, 0.1) is 29.8 Å². The molecule has 3 aliphatic heterocycles. The van der Waals surface area contributed by atoms with E-state index in [1.807, 2.05) is 6.07 Å². The van der Waals surface area contributed by atoms with E-state index in [0.29, 0.717) is 33.8 Å². The number of hydrogen-bond acceptors (Lipinski definition) is 5. The lowest BCUT2D eigenvalue weighted by molar-refractivity contribution is -0.148. The van der Waals surface area contributed by atoms with Crippen molar-refractivity contribution < 1.29 is 32.3 Å². The van der Waals surface area contributed by atoms with Crippen LogP contribution in [-0.2, 0) is 14.4 Å². The summed E-state index contributed by atoms with van der Waals surface area (Å²) in [4.78, 5) is 48.8. The number of aliphatic imine (C=N–C) groups is 1. The number of halogens is 3. The normalized spacial score (nSPS) is 22.5. The Labute approximate surface area is 227 Å². The van der Waals surface area contributed by atoms with Crippen molar-refractivity contribution in [2.75, 3.05) is 18.1 Å². The van der Waals surface area contributed by atoms with Gasteiger partial charge in [0.25, 0.3) is 5.91 Å². The van der Waals surface area contributed by atoms with Crippen LogP contribution in [0.1, 0.15) is 35.4 Å². The van der Waals surface area contributed by atoms with Crippen LogP contribution < -0.4 is 9.64 Å². The molecule has 3 atom stereocenters. The third-order valence-electron chi connectivity index (χ3n) is 7.48. The maximum Gasteiger partial charge on any atom is 0.389 e. The van der Waals surface area contributed by atoms with Gasteiger partial charge in [-0.2, -0.15) is 13.2 Å². The van der Waals surface area contributed by atoms with Gasteiger partial charge in [0, 0.05) is 17.5 Å². The van der Waals surface area contributed by atoms with Gasteiger partial charge in [-0.1, -0.05) is 72.8 Å². The third-order valence-corrected chi connectivity index (χ3v) is 7.48. The third kappa shape index (κ3) is 4.43. The number of imide groups is 1. The number of anilines is 1. The Morgan fingerprint density at radius 3 is 2.25 bits per heavy atom. The zero-order chi connectivity index (χ0) is 28.0. The molecule has 0 saturated carbocycles. The maximum absolute atomic E-state index is 14.1. The van der Waals surface area contributed by atoms with Crippen LogP contribution in [0.4, 0.5) is 18.9 Å². The molecule has 6 rings (SSSR count). The van der Waals surface area contributed by atoms with Crippen molar-refractivity contribution >= 4 is 29.1 Å². The Hall–Kier alpha value is -4.47. The molecule has 0 unspecified atom stereocenters. The Morgan fingerprint density at radius 1 is 0.850 bits per heavy atom. The first-order chi connectivity index (χ1) is 19.2. The molecule has 3 amide bonds. The molecule has 1 fully saturated rings. The van der Waals surface area contributed by atoms with Crippen LogP contribution in [-0.4, -0.2) is 53.8 Å². The Balaban J connectivity index is 1.49. The van der Waals surface area contributed by atoms with Gasteiger partial charge in [-0.3, -0.25) is 14.4 Å². The molecule has 0 bridgehead atoms.